The minimum absolute atomic E-state index is 0.123. The van der Waals surface area contributed by atoms with Crippen LogP contribution in [0.1, 0.15) is 63.4 Å². The van der Waals surface area contributed by atoms with Gasteiger partial charge in [0.15, 0.2) is 0 Å². The van der Waals surface area contributed by atoms with Crippen molar-refractivity contribution in [1.82, 2.24) is 5.32 Å². The third-order valence-corrected chi connectivity index (χ3v) is 6.41. The van der Waals surface area contributed by atoms with Crippen molar-refractivity contribution in [2.24, 2.45) is 5.92 Å². The first-order chi connectivity index (χ1) is 15.5. The van der Waals surface area contributed by atoms with E-state index in [-0.39, 0.29) is 11.6 Å². The second-order valence-electron chi connectivity index (χ2n) is 8.26. The Morgan fingerprint density at radius 3 is 2.44 bits per heavy atom. The smallest absolute Gasteiger partial charge is 0.352 e. The van der Waals surface area contributed by atoms with Crippen molar-refractivity contribution >= 4 is 33.9 Å². The number of aliphatic carboxylic acids is 1. The highest BCUT2D eigenvalue weighted by Gasteiger charge is 2.14. The highest BCUT2D eigenvalue weighted by molar-refractivity contribution is 9.10. The fraction of sp³-hybridized carbons (Fsp3) is 0.385. The Morgan fingerprint density at radius 2 is 1.75 bits per heavy atom. The number of carbonyl (C=O) groups is 2. The lowest BCUT2D eigenvalue weighted by atomic mass is 9.85. The number of hydrogen-bond donors (Lipinski definition) is 2. The van der Waals surface area contributed by atoms with Gasteiger partial charge in [-0.15, -0.1) is 0 Å². The molecule has 32 heavy (non-hydrogen) atoms. The summed E-state index contributed by atoms with van der Waals surface area (Å²) in [4.78, 5) is 23.9. The Hall–Kier alpha value is -2.60. The monoisotopic (exact) mass is 499 g/mol. The molecule has 6 heteroatoms. The van der Waals surface area contributed by atoms with Crippen LogP contribution >= 0.6 is 15.9 Å². The van der Waals surface area contributed by atoms with Crippen molar-refractivity contribution < 1.29 is 19.4 Å². The summed E-state index contributed by atoms with van der Waals surface area (Å²) in [6, 6.07) is 14.6. The molecule has 2 aromatic carbocycles. The van der Waals surface area contributed by atoms with Crippen molar-refractivity contribution in [2.45, 2.75) is 57.8 Å². The quantitative estimate of drug-likeness (QED) is 0.274. The number of rotatable bonds is 10. The summed E-state index contributed by atoms with van der Waals surface area (Å²) >= 11 is 3.44. The van der Waals surface area contributed by atoms with Gasteiger partial charge in [0.25, 0.3) is 0 Å². The van der Waals surface area contributed by atoms with Crippen LogP contribution in [0.5, 0.6) is 11.5 Å². The SMILES string of the molecule is O=C(CCCCC1CCCCC1)NC(=Cc1ccc(Oc2ccccc2Br)cc1)C(=O)O. The fourth-order valence-corrected chi connectivity index (χ4v) is 4.38. The molecule has 0 bridgehead atoms. The van der Waals surface area contributed by atoms with Crippen LogP contribution in [0.3, 0.4) is 0 Å². The van der Waals surface area contributed by atoms with Gasteiger partial charge in [-0.25, -0.2) is 4.79 Å². The zero-order valence-electron chi connectivity index (χ0n) is 18.2. The number of carboxylic acid groups (broad SMARTS) is 1. The molecule has 170 valence electrons. The van der Waals surface area contributed by atoms with Crippen LogP contribution in [0.4, 0.5) is 0 Å². The maximum absolute atomic E-state index is 12.2. The van der Waals surface area contributed by atoms with Crippen LogP contribution in [-0.2, 0) is 9.59 Å². The van der Waals surface area contributed by atoms with Gasteiger partial charge in [-0.2, -0.15) is 0 Å². The predicted octanol–water partition coefficient (Wildman–Crippen LogP) is 6.92. The second-order valence-corrected chi connectivity index (χ2v) is 9.12. The molecule has 2 aromatic rings. The Kier molecular flexibility index (Phi) is 9.35. The van der Waals surface area contributed by atoms with Gasteiger partial charge in [-0.1, -0.05) is 69.2 Å². The lowest BCUT2D eigenvalue weighted by Gasteiger charge is -2.21. The van der Waals surface area contributed by atoms with Gasteiger partial charge in [-0.3, -0.25) is 4.79 Å². The minimum atomic E-state index is -1.16. The number of unbranched alkanes of at least 4 members (excludes halogenated alkanes) is 1. The van der Waals surface area contributed by atoms with E-state index in [1.807, 2.05) is 24.3 Å². The molecule has 1 saturated carbocycles. The van der Waals surface area contributed by atoms with E-state index in [9.17, 15) is 14.7 Å². The Morgan fingerprint density at radius 1 is 1.03 bits per heavy atom. The summed E-state index contributed by atoms with van der Waals surface area (Å²) in [7, 11) is 0. The first-order valence-electron chi connectivity index (χ1n) is 11.3. The normalized spacial score (nSPS) is 14.7. The first-order valence-corrected chi connectivity index (χ1v) is 12.1. The highest BCUT2D eigenvalue weighted by atomic mass is 79.9. The van der Waals surface area contributed by atoms with Crippen molar-refractivity contribution in [3.8, 4) is 11.5 Å². The molecule has 0 aromatic heterocycles. The van der Waals surface area contributed by atoms with Crippen LogP contribution in [0, 0.1) is 5.92 Å². The number of carboxylic acids is 1. The Labute approximate surface area is 198 Å². The molecule has 0 saturated heterocycles. The molecular weight excluding hydrogens is 470 g/mol. The largest absolute Gasteiger partial charge is 0.477 e. The second kappa shape index (κ2) is 12.4. The number of ether oxygens (including phenoxy) is 1. The summed E-state index contributed by atoms with van der Waals surface area (Å²) in [5.41, 5.74) is 0.543. The first kappa shape index (κ1) is 24.1. The third kappa shape index (κ3) is 7.83. The summed E-state index contributed by atoms with van der Waals surface area (Å²) in [6.45, 7) is 0. The summed E-state index contributed by atoms with van der Waals surface area (Å²) in [5, 5.41) is 12.0. The van der Waals surface area contributed by atoms with Gasteiger partial charge in [0.1, 0.15) is 17.2 Å². The van der Waals surface area contributed by atoms with Crippen molar-refractivity contribution in [3.05, 3.63) is 64.3 Å². The van der Waals surface area contributed by atoms with E-state index in [0.29, 0.717) is 23.5 Å². The maximum atomic E-state index is 12.2. The molecule has 2 N–H and O–H groups in total. The number of hydrogen-bond acceptors (Lipinski definition) is 3. The number of amides is 1. The summed E-state index contributed by atoms with van der Waals surface area (Å²) in [5.74, 6) is 0.715. The van der Waals surface area contributed by atoms with Gasteiger partial charge in [-0.05, 0) is 64.2 Å². The molecule has 0 radical (unpaired) electrons. The van der Waals surface area contributed by atoms with Crippen LogP contribution in [-0.4, -0.2) is 17.0 Å². The molecular formula is C26H30BrNO4. The zero-order chi connectivity index (χ0) is 22.8. The number of halogens is 1. The topological polar surface area (TPSA) is 75.6 Å². The summed E-state index contributed by atoms with van der Waals surface area (Å²) in [6.07, 6.45) is 11.4. The lowest BCUT2D eigenvalue weighted by molar-refractivity contribution is -0.134. The van der Waals surface area contributed by atoms with E-state index < -0.39 is 5.97 Å². The molecule has 0 spiro atoms. The van der Waals surface area contributed by atoms with E-state index in [4.69, 9.17) is 4.74 Å². The van der Waals surface area contributed by atoms with E-state index in [2.05, 4.69) is 21.2 Å². The van der Waals surface area contributed by atoms with Crippen molar-refractivity contribution in [3.63, 3.8) is 0 Å². The third-order valence-electron chi connectivity index (χ3n) is 5.75. The average Bonchev–Trinajstić information content (AvgIpc) is 2.79. The van der Waals surface area contributed by atoms with Gasteiger partial charge in [0.2, 0.25) is 5.91 Å². The maximum Gasteiger partial charge on any atom is 0.352 e. The van der Waals surface area contributed by atoms with Gasteiger partial charge in [0.05, 0.1) is 4.47 Å². The average molecular weight is 500 g/mol. The Bertz CT molecular complexity index is 933. The minimum Gasteiger partial charge on any atom is -0.477 e. The van der Waals surface area contributed by atoms with E-state index in [1.54, 1.807) is 24.3 Å². The molecule has 1 aliphatic carbocycles. The number of carbonyl (C=O) groups excluding carboxylic acids is 1. The van der Waals surface area contributed by atoms with E-state index >= 15 is 0 Å². The molecule has 1 amide bonds. The standard InChI is InChI=1S/C26H30BrNO4/c27-22-11-5-6-12-24(22)32-21-16-14-20(15-17-21)18-23(26(30)31)28-25(29)13-7-4-10-19-8-2-1-3-9-19/h5-6,11-12,14-19H,1-4,7-10,13H2,(H,28,29)(H,30,31). The van der Waals surface area contributed by atoms with Crippen LogP contribution in [0.25, 0.3) is 6.08 Å². The van der Waals surface area contributed by atoms with Crippen LogP contribution in [0.15, 0.2) is 58.7 Å². The molecule has 0 atom stereocenters. The van der Waals surface area contributed by atoms with Crippen molar-refractivity contribution in [2.75, 3.05) is 0 Å². The molecule has 1 fully saturated rings. The predicted molar refractivity (Wildman–Crippen MR) is 129 cm³/mol. The van der Waals surface area contributed by atoms with Crippen LogP contribution in [0.2, 0.25) is 0 Å². The van der Waals surface area contributed by atoms with Gasteiger partial charge >= 0.3 is 5.97 Å². The van der Waals surface area contributed by atoms with Crippen molar-refractivity contribution in [1.29, 1.82) is 0 Å². The fourth-order valence-electron chi connectivity index (χ4n) is 4.01. The number of benzene rings is 2. The van der Waals surface area contributed by atoms with E-state index in [0.717, 1.165) is 23.2 Å². The molecule has 0 heterocycles. The van der Waals surface area contributed by atoms with Crippen LogP contribution < -0.4 is 10.1 Å². The molecule has 0 unspecified atom stereocenters. The summed E-state index contributed by atoms with van der Waals surface area (Å²) < 4.78 is 6.67. The molecule has 3 rings (SSSR count). The number of nitrogens with one attached hydrogen (secondary N) is 1. The zero-order valence-corrected chi connectivity index (χ0v) is 19.8. The highest BCUT2D eigenvalue weighted by Crippen LogP contribution is 2.30. The lowest BCUT2D eigenvalue weighted by Crippen LogP contribution is -2.26. The Balaban J connectivity index is 1.50. The number of para-hydroxylation sites is 1. The molecule has 0 aliphatic heterocycles. The van der Waals surface area contributed by atoms with Gasteiger partial charge in [0, 0.05) is 6.42 Å². The van der Waals surface area contributed by atoms with Gasteiger partial charge < -0.3 is 15.2 Å². The van der Waals surface area contributed by atoms with E-state index in [1.165, 1.54) is 44.6 Å². The molecule has 1 aliphatic rings. The molecule has 5 nitrogen and oxygen atoms in total.